The number of benzene rings is 2. The zero-order valence-corrected chi connectivity index (χ0v) is 19.5. The van der Waals surface area contributed by atoms with Gasteiger partial charge in [-0.05, 0) is 48.4 Å². The molecule has 8 nitrogen and oxygen atoms in total. The minimum atomic E-state index is -1.06. The predicted octanol–water partition coefficient (Wildman–Crippen LogP) is 2.81. The highest BCUT2D eigenvalue weighted by atomic mass is 19.1. The van der Waals surface area contributed by atoms with E-state index in [4.69, 9.17) is 9.47 Å². The molecule has 0 saturated carbocycles. The van der Waals surface area contributed by atoms with Crippen molar-refractivity contribution in [2.75, 3.05) is 38.7 Å². The van der Waals surface area contributed by atoms with E-state index in [9.17, 15) is 9.90 Å². The Kier molecular flexibility index (Phi) is 6.81. The van der Waals surface area contributed by atoms with Gasteiger partial charge in [-0.1, -0.05) is 18.2 Å². The van der Waals surface area contributed by atoms with Gasteiger partial charge in [0.1, 0.15) is 17.7 Å². The van der Waals surface area contributed by atoms with Gasteiger partial charge in [-0.15, -0.1) is 0 Å². The summed E-state index contributed by atoms with van der Waals surface area (Å²) in [6, 6.07) is 12.8. The number of carbonyl (C=O) groups is 1. The van der Waals surface area contributed by atoms with Crippen LogP contribution in [-0.4, -0.2) is 66.5 Å². The lowest BCUT2D eigenvalue weighted by atomic mass is 9.99. The Bertz CT molecular complexity index is 1220. The van der Waals surface area contributed by atoms with Crippen molar-refractivity contribution in [3.63, 3.8) is 0 Å². The van der Waals surface area contributed by atoms with Crippen LogP contribution in [0.1, 0.15) is 23.7 Å². The molecule has 1 aromatic heterocycles. The Morgan fingerprint density at radius 1 is 1.34 bits per heavy atom. The third-order valence-corrected chi connectivity index (χ3v) is 6.63. The van der Waals surface area contributed by atoms with Gasteiger partial charge >= 0.3 is 0 Å². The molecule has 2 aliphatic heterocycles. The number of ether oxygens (including phenoxy) is 2. The number of piperidine rings is 1. The molecule has 3 atom stereocenters. The topological polar surface area (TPSA) is 96.0 Å². The van der Waals surface area contributed by atoms with Gasteiger partial charge in [0.05, 0.1) is 30.6 Å². The quantitative estimate of drug-likeness (QED) is 0.479. The fourth-order valence-electron chi connectivity index (χ4n) is 4.75. The minimum absolute atomic E-state index is 0.0208. The molecular formula is C26H29FN4O4. The first-order valence-corrected chi connectivity index (χ1v) is 11.8. The van der Waals surface area contributed by atoms with E-state index in [1.807, 2.05) is 47.4 Å². The molecular weight excluding hydrogens is 451 g/mol. The Morgan fingerprint density at radius 3 is 3.06 bits per heavy atom. The van der Waals surface area contributed by atoms with Gasteiger partial charge in [-0.2, -0.15) is 0 Å². The Labute approximate surface area is 203 Å². The lowest BCUT2D eigenvalue weighted by molar-refractivity contribution is -0.118. The van der Waals surface area contributed by atoms with Crippen LogP contribution in [0.5, 0.6) is 11.5 Å². The summed E-state index contributed by atoms with van der Waals surface area (Å²) in [5.41, 5.74) is 3.12. The van der Waals surface area contributed by atoms with Crippen LogP contribution < -0.4 is 20.1 Å². The molecule has 0 radical (unpaired) electrons. The molecule has 3 aromatic rings. The lowest BCUT2D eigenvalue weighted by Gasteiger charge is -2.36. The molecule has 1 amide bonds. The number of nitrogens with one attached hydrogen (secondary N) is 2. The van der Waals surface area contributed by atoms with Crippen LogP contribution in [0, 0.1) is 0 Å². The summed E-state index contributed by atoms with van der Waals surface area (Å²) in [6.07, 6.45) is 0.449. The van der Waals surface area contributed by atoms with Crippen molar-refractivity contribution in [3.8, 4) is 11.5 Å². The first-order chi connectivity index (χ1) is 17.0. The van der Waals surface area contributed by atoms with Crippen LogP contribution in [0.4, 0.5) is 10.1 Å². The molecule has 184 valence electrons. The third kappa shape index (κ3) is 5.22. The number of rotatable bonds is 7. The molecule has 0 bridgehead atoms. The molecule has 2 aliphatic rings. The number of aromatic nitrogens is 1. The number of anilines is 1. The first-order valence-electron chi connectivity index (χ1n) is 11.8. The SMILES string of the molecule is COc1cnc2cccc(C(O)CN3CCC(NCc4ccc5c(c4)NC(=O)CO5)C(F)C3)c2c1. The molecule has 0 aliphatic carbocycles. The normalized spacial score (nSPS) is 21.2. The minimum Gasteiger partial charge on any atom is -0.495 e. The van der Waals surface area contributed by atoms with E-state index in [0.29, 0.717) is 43.2 Å². The predicted molar refractivity (Wildman–Crippen MR) is 130 cm³/mol. The molecule has 3 heterocycles. The summed E-state index contributed by atoms with van der Waals surface area (Å²) in [7, 11) is 1.58. The summed E-state index contributed by atoms with van der Waals surface area (Å²) >= 11 is 0. The number of fused-ring (bicyclic) bond motifs is 2. The molecule has 3 N–H and O–H groups in total. The van der Waals surface area contributed by atoms with Crippen LogP contribution >= 0.6 is 0 Å². The summed E-state index contributed by atoms with van der Waals surface area (Å²) in [5, 5.41) is 17.9. The first kappa shape index (κ1) is 23.5. The van der Waals surface area contributed by atoms with Gasteiger partial charge in [0.15, 0.2) is 6.61 Å². The maximum absolute atomic E-state index is 15.0. The number of hydrogen-bond acceptors (Lipinski definition) is 7. The van der Waals surface area contributed by atoms with E-state index < -0.39 is 12.3 Å². The van der Waals surface area contributed by atoms with Crippen molar-refractivity contribution in [3.05, 3.63) is 59.8 Å². The van der Waals surface area contributed by atoms with E-state index in [0.717, 1.165) is 22.0 Å². The average molecular weight is 481 g/mol. The maximum Gasteiger partial charge on any atom is 0.262 e. The summed E-state index contributed by atoms with van der Waals surface area (Å²) in [6.45, 7) is 1.77. The highest BCUT2D eigenvalue weighted by Crippen LogP contribution is 2.30. The number of aliphatic hydroxyl groups excluding tert-OH is 1. The van der Waals surface area contributed by atoms with Crippen LogP contribution in [0.3, 0.4) is 0 Å². The summed E-state index contributed by atoms with van der Waals surface area (Å²) < 4.78 is 25.7. The van der Waals surface area contributed by atoms with Crippen molar-refractivity contribution in [2.24, 2.45) is 0 Å². The lowest BCUT2D eigenvalue weighted by Crippen LogP contribution is -2.51. The number of alkyl halides is 1. The molecule has 0 spiro atoms. The number of nitrogens with zero attached hydrogens (tertiary/aromatic N) is 2. The standard InChI is InChI=1S/C26H29FN4O4/c1-34-17-10-19-18(3-2-4-21(19)29-12-17)24(32)14-31-8-7-22(20(27)13-31)28-11-16-5-6-25-23(9-16)30-26(33)15-35-25/h2-6,9-10,12,20,22,24,28,32H,7-8,11,13-15H2,1H3,(H,30,33). The zero-order chi connectivity index (χ0) is 24.4. The summed E-state index contributed by atoms with van der Waals surface area (Å²) in [4.78, 5) is 17.9. The maximum atomic E-state index is 15.0. The van der Waals surface area contributed by atoms with Crippen molar-refractivity contribution < 1.29 is 23.8 Å². The van der Waals surface area contributed by atoms with Gasteiger partial charge in [0, 0.05) is 31.1 Å². The highest BCUT2D eigenvalue weighted by Gasteiger charge is 2.30. The number of likely N-dealkylation sites (tertiary alicyclic amines) is 1. The van der Waals surface area contributed by atoms with Crippen molar-refractivity contribution in [2.45, 2.75) is 31.3 Å². The van der Waals surface area contributed by atoms with Crippen molar-refractivity contribution >= 4 is 22.5 Å². The molecule has 35 heavy (non-hydrogen) atoms. The van der Waals surface area contributed by atoms with Gasteiger partial charge in [0.2, 0.25) is 0 Å². The number of methoxy groups -OCH3 is 1. The van der Waals surface area contributed by atoms with E-state index in [2.05, 4.69) is 15.6 Å². The molecule has 9 heteroatoms. The fourth-order valence-corrected chi connectivity index (χ4v) is 4.75. The molecule has 1 saturated heterocycles. The number of hydrogen-bond donors (Lipinski definition) is 3. The Balaban J connectivity index is 1.17. The van der Waals surface area contributed by atoms with E-state index >= 15 is 4.39 Å². The van der Waals surface area contributed by atoms with Crippen LogP contribution in [0.15, 0.2) is 48.7 Å². The average Bonchev–Trinajstić information content (AvgIpc) is 2.87. The van der Waals surface area contributed by atoms with Gasteiger partial charge in [-0.3, -0.25) is 14.7 Å². The molecule has 3 unspecified atom stereocenters. The number of aliphatic hydroxyl groups is 1. The van der Waals surface area contributed by atoms with Gasteiger partial charge in [-0.25, -0.2) is 4.39 Å². The smallest absolute Gasteiger partial charge is 0.262 e. The largest absolute Gasteiger partial charge is 0.495 e. The number of β-amino-alcohol motifs (C(OH)–C–C–N with tert-alkyl or cyclic N) is 1. The van der Waals surface area contributed by atoms with Crippen LogP contribution in [0.2, 0.25) is 0 Å². The number of carbonyl (C=O) groups excluding carboxylic acids is 1. The number of amides is 1. The fraction of sp³-hybridized carbons (Fsp3) is 0.385. The Hall–Kier alpha value is -3.27. The second-order valence-electron chi connectivity index (χ2n) is 9.02. The third-order valence-electron chi connectivity index (χ3n) is 6.63. The molecule has 5 rings (SSSR count). The van der Waals surface area contributed by atoms with E-state index in [1.165, 1.54) is 0 Å². The van der Waals surface area contributed by atoms with Gasteiger partial charge < -0.3 is 25.2 Å². The number of halogens is 1. The van der Waals surface area contributed by atoms with Crippen molar-refractivity contribution in [1.82, 2.24) is 15.2 Å². The molecule has 2 aromatic carbocycles. The van der Waals surface area contributed by atoms with Crippen LogP contribution in [0.25, 0.3) is 10.9 Å². The van der Waals surface area contributed by atoms with Crippen LogP contribution in [-0.2, 0) is 11.3 Å². The highest BCUT2D eigenvalue weighted by molar-refractivity contribution is 5.95. The molecule has 1 fully saturated rings. The second kappa shape index (κ2) is 10.2. The second-order valence-corrected chi connectivity index (χ2v) is 9.02. The number of pyridine rings is 1. The van der Waals surface area contributed by atoms with Crippen molar-refractivity contribution in [1.29, 1.82) is 0 Å². The summed E-state index contributed by atoms with van der Waals surface area (Å²) in [5.74, 6) is 1.09. The Morgan fingerprint density at radius 2 is 2.23 bits per heavy atom. The monoisotopic (exact) mass is 480 g/mol. The zero-order valence-electron chi connectivity index (χ0n) is 19.5. The van der Waals surface area contributed by atoms with E-state index in [1.54, 1.807) is 13.3 Å². The van der Waals surface area contributed by atoms with Gasteiger partial charge in [0.25, 0.3) is 5.91 Å². The van der Waals surface area contributed by atoms with E-state index in [-0.39, 0.29) is 25.1 Å².